The van der Waals surface area contributed by atoms with E-state index in [0.29, 0.717) is 17.8 Å². The van der Waals surface area contributed by atoms with Gasteiger partial charge in [-0.1, -0.05) is 24.3 Å². The average molecular weight is 386 g/mol. The van der Waals surface area contributed by atoms with Crippen LogP contribution >= 0.6 is 0 Å². The van der Waals surface area contributed by atoms with Crippen LogP contribution in [-0.4, -0.2) is 23.6 Å². The summed E-state index contributed by atoms with van der Waals surface area (Å²) in [5.74, 6) is -1.56. The van der Waals surface area contributed by atoms with Crippen molar-refractivity contribution in [3.8, 4) is 0 Å². The molecule has 0 bridgehead atoms. The molecule has 0 saturated carbocycles. The lowest BCUT2D eigenvalue weighted by Crippen LogP contribution is -2.31. The number of aryl methyl sites for hydroxylation is 2. The summed E-state index contributed by atoms with van der Waals surface area (Å²) in [5.41, 5.74) is 4.34. The molecule has 6 nitrogen and oxygen atoms in total. The molecule has 4 rings (SSSR count). The Bertz CT molecular complexity index is 1020. The molecule has 0 unspecified atom stereocenters. The van der Waals surface area contributed by atoms with E-state index in [4.69, 9.17) is 0 Å². The van der Waals surface area contributed by atoms with Crippen molar-refractivity contribution in [3.63, 3.8) is 0 Å². The van der Waals surface area contributed by atoms with E-state index >= 15 is 0 Å². The first-order valence-corrected chi connectivity index (χ1v) is 9.16. The first-order chi connectivity index (χ1) is 13.8. The third-order valence-corrected chi connectivity index (χ3v) is 4.96. The maximum Gasteiger partial charge on any atom is 0.258 e. The molecule has 2 aromatic carbocycles. The van der Waals surface area contributed by atoms with Crippen LogP contribution in [0.2, 0.25) is 0 Å². The Kier molecular flexibility index (Phi) is 4.47. The Morgan fingerprint density at radius 2 is 0.931 bits per heavy atom. The van der Waals surface area contributed by atoms with Crippen LogP contribution in [0.15, 0.2) is 60.7 Å². The van der Waals surface area contributed by atoms with Crippen molar-refractivity contribution in [2.24, 2.45) is 0 Å². The van der Waals surface area contributed by atoms with Crippen molar-refractivity contribution in [1.29, 1.82) is 0 Å². The van der Waals surface area contributed by atoms with Crippen LogP contribution in [0.4, 0.5) is 11.4 Å². The van der Waals surface area contributed by atoms with Crippen LogP contribution in [-0.2, 0) is 25.6 Å². The number of hydrogen-bond acceptors (Lipinski definition) is 4. The molecule has 0 saturated heterocycles. The highest BCUT2D eigenvalue weighted by atomic mass is 16.2. The molecular formula is C23H18N2O4. The van der Waals surface area contributed by atoms with Gasteiger partial charge >= 0.3 is 0 Å². The smallest absolute Gasteiger partial charge is 0.258 e. The van der Waals surface area contributed by atoms with Gasteiger partial charge in [0.25, 0.3) is 23.6 Å². The first kappa shape index (κ1) is 18.6. The van der Waals surface area contributed by atoms with Crippen LogP contribution < -0.4 is 9.80 Å². The lowest BCUT2D eigenvalue weighted by atomic mass is 9.98. The second-order valence-corrected chi connectivity index (χ2v) is 7.13. The zero-order valence-corrected chi connectivity index (χ0v) is 16.0. The lowest BCUT2D eigenvalue weighted by Gasteiger charge is -2.22. The summed E-state index contributed by atoms with van der Waals surface area (Å²) in [7, 11) is 0. The number of anilines is 2. The minimum absolute atomic E-state index is 0.347. The molecule has 0 atom stereocenters. The molecule has 0 aliphatic carbocycles. The Hall–Kier alpha value is -3.80. The summed E-state index contributed by atoms with van der Waals surface area (Å²) in [5, 5.41) is 0. The second-order valence-electron chi connectivity index (χ2n) is 7.13. The number of carbonyl (C=O) groups excluding carboxylic acids is 4. The van der Waals surface area contributed by atoms with Crippen LogP contribution in [0.25, 0.3) is 0 Å². The fourth-order valence-electron chi connectivity index (χ4n) is 3.54. The quantitative estimate of drug-likeness (QED) is 0.758. The van der Waals surface area contributed by atoms with E-state index in [9.17, 15) is 19.2 Å². The maximum absolute atomic E-state index is 12.2. The molecule has 0 spiro atoms. The minimum Gasteiger partial charge on any atom is -0.269 e. The zero-order valence-electron chi connectivity index (χ0n) is 16.0. The van der Waals surface area contributed by atoms with Crippen molar-refractivity contribution in [2.45, 2.75) is 20.3 Å². The van der Waals surface area contributed by atoms with Gasteiger partial charge in [-0.15, -0.1) is 0 Å². The predicted molar refractivity (Wildman–Crippen MR) is 108 cm³/mol. The van der Waals surface area contributed by atoms with E-state index in [1.165, 1.54) is 24.3 Å². The van der Waals surface area contributed by atoms with E-state index < -0.39 is 0 Å². The number of hydrogen-bond donors (Lipinski definition) is 0. The Morgan fingerprint density at radius 1 is 0.586 bits per heavy atom. The van der Waals surface area contributed by atoms with Crippen LogP contribution in [0.3, 0.4) is 0 Å². The van der Waals surface area contributed by atoms with E-state index in [1.54, 1.807) is 12.1 Å². The molecule has 2 heterocycles. The standard InChI is InChI=1S/C23H18N2O4/c1-14-3-5-16(18(11-14)24-20(26)7-8-21(24)27)13-17-6-4-15(2)12-19(17)25-22(28)9-10-23(25)29/h3-12H,13H2,1-2H3. The van der Waals surface area contributed by atoms with Crippen LogP contribution in [0.5, 0.6) is 0 Å². The van der Waals surface area contributed by atoms with Gasteiger partial charge in [-0.3, -0.25) is 19.2 Å². The van der Waals surface area contributed by atoms with E-state index in [-0.39, 0.29) is 23.6 Å². The highest BCUT2D eigenvalue weighted by Crippen LogP contribution is 2.32. The van der Waals surface area contributed by atoms with Gasteiger partial charge in [0.15, 0.2) is 0 Å². The largest absolute Gasteiger partial charge is 0.269 e. The van der Waals surface area contributed by atoms with Crippen molar-refractivity contribution < 1.29 is 19.2 Å². The van der Waals surface area contributed by atoms with Crippen molar-refractivity contribution in [2.75, 3.05) is 9.80 Å². The van der Waals surface area contributed by atoms with Crippen LogP contribution in [0, 0.1) is 13.8 Å². The molecule has 0 N–H and O–H groups in total. The summed E-state index contributed by atoms with van der Waals surface area (Å²) in [6.07, 6.45) is 5.34. The molecule has 4 amide bonds. The van der Waals surface area contributed by atoms with Crippen molar-refractivity contribution in [1.82, 2.24) is 0 Å². The van der Waals surface area contributed by atoms with Gasteiger partial charge in [-0.2, -0.15) is 0 Å². The minimum atomic E-state index is -0.389. The monoisotopic (exact) mass is 386 g/mol. The molecule has 2 aromatic rings. The molecule has 0 fully saturated rings. The average Bonchev–Trinajstić information content (AvgIpc) is 3.19. The Labute approximate surface area is 167 Å². The van der Waals surface area contributed by atoms with Gasteiger partial charge in [0.1, 0.15) is 0 Å². The van der Waals surface area contributed by atoms with Gasteiger partial charge in [-0.05, 0) is 48.2 Å². The molecule has 144 valence electrons. The Morgan fingerprint density at radius 3 is 1.28 bits per heavy atom. The third kappa shape index (κ3) is 3.29. The topological polar surface area (TPSA) is 74.8 Å². The number of carbonyl (C=O) groups is 4. The summed E-state index contributed by atoms with van der Waals surface area (Å²) in [6, 6.07) is 11.1. The summed E-state index contributed by atoms with van der Waals surface area (Å²) >= 11 is 0. The van der Waals surface area contributed by atoms with Crippen LogP contribution in [0.1, 0.15) is 22.3 Å². The Balaban J connectivity index is 1.78. The van der Waals surface area contributed by atoms with Gasteiger partial charge < -0.3 is 0 Å². The number of nitrogens with zero attached hydrogens (tertiary/aromatic N) is 2. The summed E-state index contributed by atoms with van der Waals surface area (Å²) < 4.78 is 0. The molecule has 0 aromatic heterocycles. The van der Waals surface area contributed by atoms with E-state index in [2.05, 4.69) is 0 Å². The van der Waals surface area contributed by atoms with Gasteiger partial charge in [-0.25, -0.2) is 9.80 Å². The number of amides is 4. The highest BCUT2D eigenvalue weighted by Gasteiger charge is 2.30. The lowest BCUT2D eigenvalue weighted by molar-refractivity contribution is -0.121. The zero-order chi connectivity index (χ0) is 20.7. The second kappa shape index (κ2) is 6.98. The van der Waals surface area contributed by atoms with Gasteiger partial charge in [0.2, 0.25) is 0 Å². The predicted octanol–water partition coefficient (Wildman–Crippen LogP) is 2.75. The fraction of sp³-hybridized carbons (Fsp3) is 0.130. The van der Waals surface area contributed by atoms with Crippen molar-refractivity contribution in [3.05, 3.63) is 83.0 Å². The SMILES string of the molecule is Cc1ccc(Cc2ccc(C)cc2N2C(=O)C=CC2=O)c(N2C(=O)C=CC2=O)c1. The van der Waals surface area contributed by atoms with E-state index in [0.717, 1.165) is 32.1 Å². The molecule has 0 radical (unpaired) electrons. The summed E-state index contributed by atoms with van der Waals surface area (Å²) in [4.78, 5) is 51.2. The van der Waals surface area contributed by atoms with E-state index in [1.807, 2.05) is 38.1 Å². The first-order valence-electron chi connectivity index (χ1n) is 9.16. The molecule has 2 aliphatic rings. The molecular weight excluding hydrogens is 368 g/mol. The number of benzene rings is 2. The maximum atomic E-state index is 12.2. The fourth-order valence-corrected chi connectivity index (χ4v) is 3.54. The molecule has 6 heteroatoms. The highest BCUT2D eigenvalue weighted by molar-refractivity contribution is 6.29. The van der Waals surface area contributed by atoms with Gasteiger partial charge in [0, 0.05) is 30.7 Å². The normalized spacial score (nSPS) is 15.9. The summed E-state index contributed by atoms with van der Waals surface area (Å²) in [6.45, 7) is 3.77. The molecule has 2 aliphatic heterocycles. The number of imide groups is 2. The number of rotatable bonds is 4. The van der Waals surface area contributed by atoms with Crippen molar-refractivity contribution >= 4 is 35.0 Å². The van der Waals surface area contributed by atoms with Gasteiger partial charge in [0.05, 0.1) is 11.4 Å². The molecule has 29 heavy (non-hydrogen) atoms. The third-order valence-electron chi connectivity index (χ3n) is 4.96.